The molecule has 74 valence electrons. The minimum atomic E-state index is -1.06. The van der Waals surface area contributed by atoms with Gasteiger partial charge in [-0.3, -0.25) is 0 Å². The summed E-state index contributed by atoms with van der Waals surface area (Å²) in [5.41, 5.74) is 0.465. The Morgan fingerprint density at radius 2 is 2.14 bits per heavy atom. The zero-order valence-electron chi connectivity index (χ0n) is 7.90. The SMILES string of the molecule is C/C(=C\C(=O)O)c1ccc(C)c(=O)o1. The van der Waals surface area contributed by atoms with Gasteiger partial charge >= 0.3 is 11.6 Å². The van der Waals surface area contributed by atoms with E-state index in [-0.39, 0.29) is 5.76 Å². The van der Waals surface area contributed by atoms with Gasteiger partial charge in [0.25, 0.3) is 0 Å². The minimum absolute atomic E-state index is 0.281. The van der Waals surface area contributed by atoms with Crippen molar-refractivity contribution in [1.29, 1.82) is 0 Å². The highest BCUT2D eigenvalue weighted by Gasteiger charge is 2.03. The fourth-order valence-corrected chi connectivity index (χ4v) is 0.951. The highest BCUT2D eigenvalue weighted by atomic mass is 16.4. The summed E-state index contributed by atoms with van der Waals surface area (Å²) >= 11 is 0. The molecule has 1 rings (SSSR count). The fraction of sp³-hybridized carbons (Fsp3) is 0.200. The first-order valence-corrected chi connectivity index (χ1v) is 4.03. The molecule has 1 N–H and O–H groups in total. The Hall–Kier alpha value is -1.84. The lowest BCUT2D eigenvalue weighted by Gasteiger charge is -1.98. The summed E-state index contributed by atoms with van der Waals surface area (Å²) < 4.78 is 4.88. The van der Waals surface area contributed by atoms with Crippen LogP contribution in [0.15, 0.2) is 27.4 Å². The summed E-state index contributed by atoms with van der Waals surface area (Å²) in [6.07, 6.45) is 0.994. The highest BCUT2D eigenvalue weighted by molar-refractivity contribution is 5.88. The van der Waals surface area contributed by atoms with Gasteiger partial charge in [0.2, 0.25) is 0 Å². The molecule has 0 spiro atoms. The van der Waals surface area contributed by atoms with E-state index in [1.165, 1.54) is 0 Å². The van der Waals surface area contributed by atoms with Crippen molar-refractivity contribution in [2.24, 2.45) is 0 Å². The number of carboxylic acids is 1. The monoisotopic (exact) mass is 194 g/mol. The Labute approximate surface area is 80.5 Å². The van der Waals surface area contributed by atoms with E-state index in [0.717, 1.165) is 6.08 Å². The molecule has 0 saturated carbocycles. The number of hydrogen-bond donors (Lipinski definition) is 1. The molecule has 14 heavy (non-hydrogen) atoms. The highest BCUT2D eigenvalue weighted by Crippen LogP contribution is 2.11. The molecule has 0 aliphatic carbocycles. The van der Waals surface area contributed by atoms with E-state index in [0.29, 0.717) is 11.1 Å². The molecule has 1 aromatic rings. The maximum atomic E-state index is 11.1. The third kappa shape index (κ3) is 2.32. The van der Waals surface area contributed by atoms with Crippen LogP contribution in [-0.2, 0) is 4.79 Å². The van der Waals surface area contributed by atoms with Crippen LogP contribution in [0.5, 0.6) is 0 Å². The normalized spacial score (nSPS) is 11.4. The van der Waals surface area contributed by atoms with Crippen molar-refractivity contribution in [3.05, 3.63) is 40.0 Å². The Morgan fingerprint density at radius 1 is 1.50 bits per heavy atom. The second-order valence-electron chi connectivity index (χ2n) is 2.94. The molecule has 0 radical (unpaired) electrons. The van der Waals surface area contributed by atoms with Gasteiger partial charge in [-0.25, -0.2) is 9.59 Å². The van der Waals surface area contributed by atoms with Crippen molar-refractivity contribution < 1.29 is 14.3 Å². The molecule has 0 fully saturated rings. The lowest BCUT2D eigenvalue weighted by molar-refractivity contribution is -0.131. The quantitative estimate of drug-likeness (QED) is 0.723. The zero-order valence-corrected chi connectivity index (χ0v) is 7.90. The summed E-state index contributed by atoms with van der Waals surface area (Å²) in [5.74, 6) is -0.784. The number of hydrogen-bond acceptors (Lipinski definition) is 3. The van der Waals surface area contributed by atoms with Gasteiger partial charge in [0.1, 0.15) is 5.76 Å². The van der Waals surface area contributed by atoms with Gasteiger partial charge in [0, 0.05) is 11.6 Å². The molecule has 0 aliphatic rings. The van der Waals surface area contributed by atoms with E-state index in [2.05, 4.69) is 0 Å². The van der Waals surface area contributed by atoms with Gasteiger partial charge in [-0.15, -0.1) is 0 Å². The van der Waals surface area contributed by atoms with E-state index in [9.17, 15) is 9.59 Å². The van der Waals surface area contributed by atoms with Gasteiger partial charge in [-0.2, -0.15) is 0 Å². The summed E-state index contributed by atoms with van der Waals surface area (Å²) in [6.45, 7) is 3.20. The number of carbonyl (C=O) groups is 1. The van der Waals surface area contributed by atoms with Gasteiger partial charge < -0.3 is 9.52 Å². The van der Waals surface area contributed by atoms with E-state index in [1.54, 1.807) is 26.0 Å². The lowest BCUT2D eigenvalue weighted by atomic mass is 10.2. The van der Waals surface area contributed by atoms with Gasteiger partial charge in [-0.1, -0.05) is 0 Å². The summed E-state index contributed by atoms with van der Waals surface area (Å²) in [7, 11) is 0. The number of aryl methyl sites for hydroxylation is 1. The molecule has 4 heteroatoms. The molecule has 0 bridgehead atoms. The van der Waals surface area contributed by atoms with Gasteiger partial charge in [0.05, 0.1) is 0 Å². The van der Waals surface area contributed by atoms with Gasteiger partial charge in [-0.05, 0) is 31.6 Å². The number of allylic oxidation sites excluding steroid dienone is 1. The third-order valence-electron chi connectivity index (χ3n) is 1.74. The van der Waals surface area contributed by atoms with E-state index in [4.69, 9.17) is 9.52 Å². The number of rotatable bonds is 2. The van der Waals surface area contributed by atoms with Crippen molar-refractivity contribution in [2.45, 2.75) is 13.8 Å². The number of aliphatic carboxylic acids is 1. The Kier molecular flexibility index (Phi) is 2.86. The largest absolute Gasteiger partial charge is 0.478 e. The standard InChI is InChI=1S/C10H10O4/c1-6-3-4-8(14-10(6)13)7(2)5-9(11)12/h3-5H,1-2H3,(H,11,12)/b7-5+. The van der Waals surface area contributed by atoms with Crippen LogP contribution < -0.4 is 5.63 Å². The lowest BCUT2D eigenvalue weighted by Crippen LogP contribution is -2.03. The average Bonchev–Trinajstić information content (AvgIpc) is 2.08. The third-order valence-corrected chi connectivity index (χ3v) is 1.74. The Bertz CT molecular complexity index is 440. The topological polar surface area (TPSA) is 67.5 Å². The van der Waals surface area contributed by atoms with Crippen LogP contribution in [0, 0.1) is 6.92 Å². The molecule has 1 heterocycles. The zero-order chi connectivity index (χ0) is 10.7. The second kappa shape index (κ2) is 3.91. The minimum Gasteiger partial charge on any atom is -0.478 e. The smallest absolute Gasteiger partial charge is 0.339 e. The fourth-order valence-electron chi connectivity index (χ4n) is 0.951. The predicted octanol–water partition coefficient (Wildman–Crippen LogP) is 1.44. The molecule has 0 atom stereocenters. The summed E-state index contributed by atoms with van der Waals surface area (Å²) in [6, 6.07) is 3.17. The predicted molar refractivity (Wildman–Crippen MR) is 51.0 cm³/mol. The summed E-state index contributed by atoms with van der Waals surface area (Å²) in [5, 5.41) is 8.47. The van der Waals surface area contributed by atoms with Crippen molar-refractivity contribution in [1.82, 2.24) is 0 Å². The van der Waals surface area contributed by atoms with Crippen LogP contribution in [0.2, 0.25) is 0 Å². The van der Waals surface area contributed by atoms with E-state index < -0.39 is 11.6 Å². The Morgan fingerprint density at radius 3 is 2.64 bits per heavy atom. The van der Waals surface area contributed by atoms with Crippen LogP contribution in [0.25, 0.3) is 5.57 Å². The van der Waals surface area contributed by atoms with E-state index >= 15 is 0 Å². The van der Waals surface area contributed by atoms with Crippen molar-refractivity contribution in [2.75, 3.05) is 0 Å². The van der Waals surface area contributed by atoms with Gasteiger partial charge in [0.15, 0.2) is 0 Å². The van der Waals surface area contributed by atoms with Crippen molar-refractivity contribution in [3.63, 3.8) is 0 Å². The van der Waals surface area contributed by atoms with Crippen LogP contribution in [0.4, 0.5) is 0 Å². The molecule has 0 saturated heterocycles. The van der Waals surface area contributed by atoms with Crippen molar-refractivity contribution >= 4 is 11.5 Å². The van der Waals surface area contributed by atoms with E-state index in [1.807, 2.05) is 0 Å². The van der Waals surface area contributed by atoms with Crippen LogP contribution >= 0.6 is 0 Å². The first-order chi connectivity index (χ1) is 6.50. The first-order valence-electron chi connectivity index (χ1n) is 4.03. The van der Waals surface area contributed by atoms with Crippen LogP contribution in [-0.4, -0.2) is 11.1 Å². The maximum absolute atomic E-state index is 11.1. The molecule has 0 amide bonds. The maximum Gasteiger partial charge on any atom is 0.339 e. The second-order valence-corrected chi connectivity index (χ2v) is 2.94. The summed E-state index contributed by atoms with van der Waals surface area (Å²) in [4.78, 5) is 21.4. The molecular formula is C10H10O4. The molecule has 4 nitrogen and oxygen atoms in total. The average molecular weight is 194 g/mol. The molecular weight excluding hydrogens is 184 g/mol. The van der Waals surface area contributed by atoms with Crippen molar-refractivity contribution in [3.8, 4) is 0 Å². The molecule has 0 aliphatic heterocycles. The molecule has 1 aromatic heterocycles. The van der Waals surface area contributed by atoms with Crippen LogP contribution in [0.1, 0.15) is 18.2 Å². The number of carboxylic acid groups (broad SMARTS) is 1. The Balaban J connectivity index is 3.15. The van der Waals surface area contributed by atoms with Crippen LogP contribution in [0.3, 0.4) is 0 Å². The first kappa shape index (κ1) is 10.2. The molecule has 0 aromatic carbocycles. The molecule has 0 unspecified atom stereocenters.